The van der Waals surface area contributed by atoms with Gasteiger partial charge in [-0.15, -0.1) is 11.3 Å². The Balaban J connectivity index is 2.12. The molecular weight excluding hydrogens is 288 g/mol. The number of fused-ring (bicyclic) bond motifs is 1. The Hall–Kier alpha value is -1.59. The van der Waals surface area contributed by atoms with E-state index in [4.69, 9.17) is 17.0 Å². The summed E-state index contributed by atoms with van der Waals surface area (Å²) in [6.45, 7) is 5.10. The first kappa shape index (κ1) is 13.4. The second-order valence-corrected chi connectivity index (χ2v) is 6.55. The van der Waals surface area contributed by atoms with Crippen LogP contribution in [0.5, 0.6) is 5.75 Å². The fourth-order valence-corrected chi connectivity index (χ4v) is 3.67. The third-order valence-corrected chi connectivity index (χ3v) is 4.98. The van der Waals surface area contributed by atoms with Crippen LogP contribution >= 0.6 is 23.6 Å². The van der Waals surface area contributed by atoms with Crippen LogP contribution < -0.4 is 4.74 Å². The molecule has 0 aliphatic rings. The van der Waals surface area contributed by atoms with Crippen LogP contribution in [0, 0.1) is 18.6 Å². The van der Waals surface area contributed by atoms with Gasteiger partial charge in [-0.25, -0.2) is 0 Å². The van der Waals surface area contributed by atoms with Crippen molar-refractivity contribution in [2.45, 2.75) is 20.4 Å². The number of imidazole rings is 1. The van der Waals surface area contributed by atoms with E-state index in [1.807, 2.05) is 23.5 Å². The quantitative estimate of drug-likeness (QED) is 0.725. The van der Waals surface area contributed by atoms with E-state index in [0.29, 0.717) is 0 Å². The minimum atomic E-state index is 0.730. The van der Waals surface area contributed by atoms with Gasteiger partial charge < -0.3 is 14.3 Å². The smallest absolute Gasteiger partial charge is 0.178 e. The van der Waals surface area contributed by atoms with Gasteiger partial charge in [0.15, 0.2) is 4.77 Å². The Kier molecular flexibility index (Phi) is 3.40. The molecule has 0 saturated carbocycles. The van der Waals surface area contributed by atoms with Crippen molar-refractivity contribution in [2.24, 2.45) is 0 Å². The van der Waals surface area contributed by atoms with Gasteiger partial charge in [0.2, 0.25) is 0 Å². The van der Waals surface area contributed by atoms with Crippen molar-refractivity contribution in [1.82, 2.24) is 9.55 Å². The van der Waals surface area contributed by atoms with Gasteiger partial charge in [-0.3, -0.25) is 0 Å². The Bertz CT molecular complexity index is 807. The summed E-state index contributed by atoms with van der Waals surface area (Å²) >= 11 is 7.28. The van der Waals surface area contributed by atoms with Crippen molar-refractivity contribution in [3.05, 3.63) is 44.4 Å². The average molecular weight is 304 g/mol. The summed E-state index contributed by atoms with van der Waals surface area (Å²) in [4.78, 5) is 5.93. The maximum absolute atomic E-state index is 5.46. The van der Waals surface area contributed by atoms with Crippen molar-refractivity contribution >= 4 is 34.6 Å². The average Bonchev–Trinajstić information content (AvgIpc) is 2.91. The Morgan fingerprint density at radius 2 is 2.15 bits per heavy atom. The molecule has 104 valence electrons. The molecule has 0 saturated heterocycles. The van der Waals surface area contributed by atoms with Gasteiger partial charge >= 0.3 is 0 Å². The van der Waals surface area contributed by atoms with Crippen molar-refractivity contribution in [3.63, 3.8) is 0 Å². The second-order valence-electron chi connectivity index (χ2n) is 4.82. The van der Waals surface area contributed by atoms with Crippen LogP contribution in [0.15, 0.2) is 24.3 Å². The summed E-state index contributed by atoms with van der Waals surface area (Å²) < 4.78 is 8.23. The maximum Gasteiger partial charge on any atom is 0.178 e. The molecule has 0 aliphatic heterocycles. The van der Waals surface area contributed by atoms with E-state index in [9.17, 15) is 0 Å². The van der Waals surface area contributed by atoms with E-state index in [1.54, 1.807) is 7.11 Å². The third-order valence-electron chi connectivity index (χ3n) is 3.52. The zero-order valence-corrected chi connectivity index (χ0v) is 13.3. The number of methoxy groups -OCH3 is 1. The highest BCUT2D eigenvalue weighted by Crippen LogP contribution is 2.27. The van der Waals surface area contributed by atoms with Crippen molar-refractivity contribution < 1.29 is 4.74 Å². The molecule has 20 heavy (non-hydrogen) atoms. The number of aromatic nitrogens is 2. The van der Waals surface area contributed by atoms with Crippen LogP contribution in [0.4, 0.5) is 0 Å². The van der Waals surface area contributed by atoms with Crippen LogP contribution in [-0.2, 0) is 6.54 Å². The first-order valence-electron chi connectivity index (χ1n) is 6.41. The number of rotatable bonds is 3. The molecule has 2 aromatic heterocycles. The van der Waals surface area contributed by atoms with Gasteiger partial charge in [0.1, 0.15) is 11.3 Å². The number of ether oxygens (including phenoxy) is 1. The van der Waals surface area contributed by atoms with Gasteiger partial charge in [0, 0.05) is 9.75 Å². The highest BCUT2D eigenvalue weighted by Gasteiger charge is 2.10. The molecule has 5 heteroatoms. The lowest BCUT2D eigenvalue weighted by Crippen LogP contribution is -1.97. The minimum absolute atomic E-state index is 0.730. The van der Waals surface area contributed by atoms with E-state index in [0.717, 1.165) is 28.1 Å². The molecule has 0 fully saturated rings. The molecule has 0 radical (unpaired) electrons. The number of thiophene rings is 1. The van der Waals surface area contributed by atoms with Crippen molar-refractivity contribution in [2.75, 3.05) is 7.11 Å². The molecular formula is C15H16N2OS2. The van der Waals surface area contributed by atoms with Gasteiger partial charge in [0.25, 0.3) is 0 Å². The zero-order chi connectivity index (χ0) is 14.3. The molecule has 0 unspecified atom stereocenters. The first-order valence-corrected chi connectivity index (χ1v) is 7.64. The fourth-order valence-electron chi connectivity index (χ4n) is 2.36. The lowest BCUT2D eigenvalue weighted by Gasteiger charge is -2.04. The second kappa shape index (κ2) is 5.07. The van der Waals surface area contributed by atoms with E-state index >= 15 is 0 Å². The maximum atomic E-state index is 5.46. The normalized spacial score (nSPS) is 11.2. The number of hydrogen-bond acceptors (Lipinski definition) is 3. The molecule has 0 atom stereocenters. The van der Waals surface area contributed by atoms with Crippen LogP contribution in [-0.4, -0.2) is 16.7 Å². The standard InChI is InChI=1S/C15H16N2OS2/c1-9-7-11(20-10(9)2)8-17-12-5-4-6-13(18-3)14(12)16-15(17)19/h4-7H,8H2,1-3H3,(H,16,19). The SMILES string of the molecule is COc1cccc2c1[nH]c(=S)n2Cc1cc(C)c(C)s1. The van der Waals surface area contributed by atoms with Crippen LogP contribution in [0.2, 0.25) is 0 Å². The summed E-state index contributed by atoms with van der Waals surface area (Å²) in [7, 11) is 1.68. The molecule has 0 aliphatic carbocycles. The molecule has 0 bridgehead atoms. The monoisotopic (exact) mass is 304 g/mol. The van der Waals surface area contributed by atoms with Gasteiger partial charge in [-0.2, -0.15) is 0 Å². The fraction of sp³-hybridized carbons (Fsp3) is 0.267. The van der Waals surface area contributed by atoms with Gasteiger partial charge in [-0.1, -0.05) is 6.07 Å². The first-order chi connectivity index (χ1) is 9.60. The lowest BCUT2D eigenvalue weighted by atomic mass is 10.2. The van der Waals surface area contributed by atoms with E-state index in [-0.39, 0.29) is 0 Å². The summed E-state index contributed by atoms with van der Waals surface area (Å²) in [6, 6.07) is 8.24. The Morgan fingerprint density at radius 1 is 1.35 bits per heavy atom. The molecule has 1 aromatic carbocycles. The molecule has 3 aromatic rings. The lowest BCUT2D eigenvalue weighted by molar-refractivity contribution is 0.419. The molecule has 0 amide bonds. The Labute approximate surface area is 126 Å². The molecule has 3 rings (SSSR count). The highest BCUT2D eigenvalue weighted by molar-refractivity contribution is 7.71. The van der Waals surface area contributed by atoms with Crippen LogP contribution in [0.3, 0.4) is 0 Å². The summed E-state index contributed by atoms with van der Waals surface area (Å²) in [5, 5.41) is 0. The van der Waals surface area contributed by atoms with E-state index in [2.05, 4.69) is 35.5 Å². The molecule has 2 heterocycles. The third kappa shape index (κ3) is 2.17. The van der Waals surface area contributed by atoms with Crippen molar-refractivity contribution in [1.29, 1.82) is 0 Å². The predicted octanol–water partition coefficient (Wildman–Crippen LogP) is 4.43. The molecule has 1 N–H and O–H groups in total. The van der Waals surface area contributed by atoms with Crippen molar-refractivity contribution in [3.8, 4) is 5.75 Å². The summed E-state index contributed by atoms with van der Waals surface area (Å²) in [6.07, 6.45) is 0. The number of para-hydroxylation sites is 1. The van der Waals surface area contributed by atoms with Gasteiger partial charge in [-0.05, 0) is 49.8 Å². The number of aryl methyl sites for hydroxylation is 2. The molecule has 3 nitrogen and oxygen atoms in total. The van der Waals surface area contributed by atoms with Crippen LogP contribution in [0.1, 0.15) is 15.3 Å². The zero-order valence-electron chi connectivity index (χ0n) is 11.7. The summed E-state index contributed by atoms with van der Waals surface area (Å²) in [5.41, 5.74) is 3.39. The minimum Gasteiger partial charge on any atom is -0.494 e. The number of benzene rings is 1. The molecule has 0 spiro atoms. The topological polar surface area (TPSA) is 29.9 Å². The van der Waals surface area contributed by atoms with Gasteiger partial charge in [0.05, 0.1) is 19.2 Å². The predicted molar refractivity (Wildman–Crippen MR) is 86.6 cm³/mol. The van der Waals surface area contributed by atoms with E-state index < -0.39 is 0 Å². The highest BCUT2D eigenvalue weighted by atomic mass is 32.1. The number of nitrogens with one attached hydrogen (secondary N) is 1. The number of aromatic amines is 1. The largest absolute Gasteiger partial charge is 0.494 e. The number of H-pyrrole nitrogens is 1. The van der Waals surface area contributed by atoms with Crippen LogP contribution in [0.25, 0.3) is 11.0 Å². The Morgan fingerprint density at radius 3 is 2.80 bits per heavy atom. The number of nitrogens with zero attached hydrogens (tertiary/aromatic N) is 1. The summed E-state index contributed by atoms with van der Waals surface area (Å²) in [5.74, 6) is 0.825. The number of hydrogen-bond donors (Lipinski definition) is 1. The van der Waals surface area contributed by atoms with E-state index in [1.165, 1.54) is 15.3 Å².